The number of halogens is 1. The molecule has 0 aliphatic carbocycles. The Balaban J connectivity index is 2.64. The molecule has 0 amide bonds. The molecule has 2 rings (SSSR count). The fourth-order valence-electron chi connectivity index (χ4n) is 1.68. The average molecular weight is 263 g/mol. The Morgan fingerprint density at radius 1 is 1.37 bits per heavy atom. The van der Waals surface area contributed by atoms with Crippen molar-refractivity contribution in [1.29, 1.82) is 0 Å². The monoisotopic (exact) mass is 263 g/mol. The molecule has 100 valence electrons. The van der Waals surface area contributed by atoms with E-state index in [-0.39, 0.29) is 5.82 Å². The minimum Gasteiger partial charge on any atom is -0.475 e. The van der Waals surface area contributed by atoms with Crippen LogP contribution < -0.4 is 0 Å². The normalized spacial score (nSPS) is 11.6. The van der Waals surface area contributed by atoms with Crippen LogP contribution in [-0.4, -0.2) is 25.8 Å². The minimum absolute atomic E-state index is 0.297. The second-order valence-electron chi connectivity index (χ2n) is 5.21. The van der Waals surface area contributed by atoms with Crippen molar-refractivity contribution in [2.45, 2.75) is 26.2 Å². The summed E-state index contributed by atoms with van der Waals surface area (Å²) in [7, 11) is 0. The van der Waals surface area contributed by atoms with Crippen LogP contribution in [0.2, 0.25) is 0 Å². The highest BCUT2D eigenvalue weighted by atomic mass is 19.1. The fraction of sp³-hybridized carbons (Fsp3) is 0.308. The summed E-state index contributed by atoms with van der Waals surface area (Å²) in [6.45, 7) is 5.66. The number of aromatic nitrogens is 3. The van der Waals surface area contributed by atoms with Gasteiger partial charge in [0.2, 0.25) is 0 Å². The summed E-state index contributed by atoms with van der Waals surface area (Å²) < 4.78 is 14.6. The first-order valence-electron chi connectivity index (χ1n) is 5.76. The lowest BCUT2D eigenvalue weighted by molar-refractivity contribution is 0.0683. The van der Waals surface area contributed by atoms with E-state index in [1.807, 2.05) is 20.8 Å². The van der Waals surface area contributed by atoms with E-state index in [1.165, 1.54) is 16.8 Å². The van der Waals surface area contributed by atoms with Crippen molar-refractivity contribution >= 4 is 5.97 Å². The SMILES string of the molecule is CC(C)(C)c1nc(C(=O)O)nn1-c1cccc(F)c1. The number of hydrogen-bond acceptors (Lipinski definition) is 3. The third-order valence-corrected chi connectivity index (χ3v) is 2.52. The smallest absolute Gasteiger partial charge is 0.375 e. The van der Waals surface area contributed by atoms with Crippen LogP contribution in [0.1, 0.15) is 37.2 Å². The number of carboxylic acid groups (broad SMARTS) is 1. The molecule has 0 spiro atoms. The molecule has 5 nitrogen and oxygen atoms in total. The van der Waals surface area contributed by atoms with Gasteiger partial charge in [0.05, 0.1) is 5.69 Å². The third kappa shape index (κ3) is 2.62. The number of carbonyl (C=O) groups is 1. The molecule has 0 bridgehead atoms. The second kappa shape index (κ2) is 4.46. The van der Waals surface area contributed by atoms with Crippen molar-refractivity contribution < 1.29 is 14.3 Å². The van der Waals surface area contributed by atoms with Crippen LogP contribution in [0, 0.1) is 5.82 Å². The average Bonchev–Trinajstić information content (AvgIpc) is 2.73. The van der Waals surface area contributed by atoms with E-state index < -0.39 is 17.2 Å². The molecule has 1 aromatic heterocycles. The first-order valence-corrected chi connectivity index (χ1v) is 5.76. The number of carboxylic acids is 1. The summed E-state index contributed by atoms with van der Waals surface area (Å²) in [4.78, 5) is 15.0. The summed E-state index contributed by atoms with van der Waals surface area (Å²) in [6, 6.07) is 5.79. The van der Waals surface area contributed by atoms with Gasteiger partial charge in [0, 0.05) is 5.41 Å². The van der Waals surface area contributed by atoms with Gasteiger partial charge in [-0.15, -0.1) is 5.10 Å². The van der Waals surface area contributed by atoms with Gasteiger partial charge in [0.1, 0.15) is 11.6 Å². The zero-order valence-corrected chi connectivity index (χ0v) is 10.9. The molecule has 1 N–H and O–H groups in total. The van der Waals surface area contributed by atoms with E-state index in [4.69, 9.17) is 5.11 Å². The quantitative estimate of drug-likeness (QED) is 0.903. The number of hydrogen-bond donors (Lipinski definition) is 1. The maximum atomic E-state index is 13.3. The lowest BCUT2D eigenvalue weighted by Crippen LogP contribution is -2.18. The molecule has 1 heterocycles. The molecule has 0 aliphatic heterocycles. The summed E-state index contributed by atoms with van der Waals surface area (Å²) in [5.41, 5.74) is 0.0393. The van der Waals surface area contributed by atoms with Crippen LogP contribution in [0.4, 0.5) is 4.39 Å². The molecule has 0 atom stereocenters. The standard InChI is InChI=1S/C13H14FN3O2/c1-13(2,3)12-15-10(11(18)19)16-17(12)9-6-4-5-8(14)7-9/h4-7H,1-3H3,(H,18,19). The highest BCUT2D eigenvalue weighted by Crippen LogP contribution is 2.23. The topological polar surface area (TPSA) is 68.0 Å². The molecular formula is C13H14FN3O2. The molecule has 1 aromatic carbocycles. The van der Waals surface area contributed by atoms with E-state index in [9.17, 15) is 9.18 Å². The summed E-state index contributed by atoms with van der Waals surface area (Å²) in [6.07, 6.45) is 0. The molecule has 6 heteroatoms. The Hall–Kier alpha value is -2.24. The Morgan fingerprint density at radius 3 is 2.58 bits per heavy atom. The van der Waals surface area contributed by atoms with Crippen molar-refractivity contribution in [1.82, 2.24) is 14.8 Å². The van der Waals surface area contributed by atoms with Gasteiger partial charge in [0.15, 0.2) is 0 Å². The summed E-state index contributed by atoms with van der Waals surface area (Å²) in [5, 5.41) is 12.9. The molecule has 0 saturated heterocycles. The van der Waals surface area contributed by atoms with Gasteiger partial charge in [-0.3, -0.25) is 0 Å². The van der Waals surface area contributed by atoms with Crippen molar-refractivity contribution in [3.8, 4) is 5.69 Å². The first-order chi connectivity index (χ1) is 8.79. The summed E-state index contributed by atoms with van der Waals surface area (Å²) >= 11 is 0. The number of benzene rings is 1. The Morgan fingerprint density at radius 2 is 2.05 bits per heavy atom. The highest BCUT2D eigenvalue weighted by Gasteiger charge is 2.26. The van der Waals surface area contributed by atoms with Crippen LogP contribution in [-0.2, 0) is 5.41 Å². The molecule has 0 radical (unpaired) electrons. The van der Waals surface area contributed by atoms with Crippen molar-refractivity contribution in [3.05, 3.63) is 41.7 Å². The van der Waals surface area contributed by atoms with Crippen molar-refractivity contribution in [3.63, 3.8) is 0 Å². The van der Waals surface area contributed by atoms with Crippen LogP contribution >= 0.6 is 0 Å². The lowest BCUT2D eigenvalue weighted by Gasteiger charge is -2.18. The van der Waals surface area contributed by atoms with Crippen LogP contribution in [0.15, 0.2) is 24.3 Å². The van der Waals surface area contributed by atoms with E-state index in [0.29, 0.717) is 11.5 Å². The fourth-order valence-corrected chi connectivity index (χ4v) is 1.68. The lowest BCUT2D eigenvalue weighted by atomic mass is 9.95. The van der Waals surface area contributed by atoms with Crippen LogP contribution in [0.25, 0.3) is 5.69 Å². The largest absolute Gasteiger partial charge is 0.475 e. The maximum absolute atomic E-state index is 13.3. The van der Waals surface area contributed by atoms with Crippen LogP contribution in [0.5, 0.6) is 0 Å². The Bertz CT molecular complexity index is 629. The van der Waals surface area contributed by atoms with Gasteiger partial charge in [-0.2, -0.15) is 0 Å². The molecule has 2 aromatic rings. The van der Waals surface area contributed by atoms with Gasteiger partial charge < -0.3 is 5.11 Å². The van der Waals surface area contributed by atoms with Crippen molar-refractivity contribution in [2.75, 3.05) is 0 Å². The molecule has 0 fully saturated rings. The van der Waals surface area contributed by atoms with E-state index >= 15 is 0 Å². The van der Waals surface area contributed by atoms with Gasteiger partial charge in [-0.1, -0.05) is 26.8 Å². The Kier molecular flexibility index (Phi) is 3.09. The summed E-state index contributed by atoms with van der Waals surface area (Å²) in [5.74, 6) is -1.45. The van der Waals surface area contributed by atoms with Crippen molar-refractivity contribution in [2.24, 2.45) is 0 Å². The molecule has 0 unspecified atom stereocenters. The first kappa shape index (κ1) is 13.2. The van der Waals surface area contributed by atoms with E-state index in [0.717, 1.165) is 0 Å². The predicted octanol–water partition coefficient (Wildman–Crippen LogP) is 2.40. The molecule has 19 heavy (non-hydrogen) atoms. The third-order valence-electron chi connectivity index (χ3n) is 2.52. The number of aromatic carboxylic acids is 1. The zero-order chi connectivity index (χ0) is 14.2. The Labute approximate surface area is 109 Å². The maximum Gasteiger partial charge on any atom is 0.375 e. The zero-order valence-electron chi connectivity index (χ0n) is 10.9. The van der Waals surface area contributed by atoms with Gasteiger partial charge in [0.25, 0.3) is 5.82 Å². The predicted molar refractivity (Wildman–Crippen MR) is 67.0 cm³/mol. The van der Waals surface area contributed by atoms with Gasteiger partial charge in [-0.05, 0) is 18.2 Å². The number of rotatable bonds is 2. The van der Waals surface area contributed by atoms with Gasteiger partial charge >= 0.3 is 5.97 Å². The second-order valence-corrected chi connectivity index (χ2v) is 5.21. The van der Waals surface area contributed by atoms with E-state index in [1.54, 1.807) is 12.1 Å². The van der Waals surface area contributed by atoms with E-state index in [2.05, 4.69) is 10.1 Å². The molecular weight excluding hydrogens is 249 g/mol. The molecule has 0 aliphatic rings. The minimum atomic E-state index is -1.21. The van der Waals surface area contributed by atoms with Gasteiger partial charge in [-0.25, -0.2) is 18.9 Å². The highest BCUT2D eigenvalue weighted by molar-refractivity contribution is 5.83. The number of nitrogens with zero attached hydrogens (tertiary/aromatic N) is 3. The molecule has 0 saturated carbocycles. The van der Waals surface area contributed by atoms with Crippen LogP contribution in [0.3, 0.4) is 0 Å².